The van der Waals surface area contributed by atoms with Gasteiger partial charge < -0.3 is 10.4 Å². The van der Waals surface area contributed by atoms with Gasteiger partial charge in [-0.3, -0.25) is 9.36 Å². The van der Waals surface area contributed by atoms with E-state index in [1.165, 1.54) is 11.3 Å². The van der Waals surface area contributed by atoms with Crippen molar-refractivity contribution in [1.82, 2.24) is 9.88 Å². The molecule has 6 heteroatoms. The van der Waals surface area contributed by atoms with E-state index in [2.05, 4.69) is 12.2 Å². The largest absolute Gasteiger partial charge is 0.390 e. The number of hydrogen-bond acceptors (Lipinski definition) is 4. The van der Waals surface area contributed by atoms with Gasteiger partial charge in [-0.05, 0) is 25.1 Å². The number of rotatable bonds is 7. The first-order valence-electron chi connectivity index (χ1n) is 6.69. The minimum absolute atomic E-state index is 0. The zero-order valence-corrected chi connectivity index (χ0v) is 13.2. The van der Waals surface area contributed by atoms with E-state index in [1.807, 2.05) is 24.3 Å². The second kappa shape index (κ2) is 8.42. The fraction of sp³-hybridized carbons (Fsp3) is 0.500. The standard InChI is InChI=1S/C14H20N2O2S.ClH/c1-2-3-8-15-9-11(17)10-16-12-6-4-5-7-13(12)19-14(16)18;/h4-7,11,15,17H,2-3,8-10H2,1H3;1H. The number of halogens is 1. The first-order valence-corrected chi connectivity index (χ1v) is 7.51. The number of para-hydroxylation sites is 1. The van der Waals surface area contributed by atoms with Crippen LogP contribution in [0.15, 0.2) is 29.1 Å². The third kappa shape index (κ3) is 4.31. The zero-order valence-electron chi connectivity index (χ0n) is 11.5. The van der Waals surface area contributed by atoms with Crippen LogP contribution in [0.2, 0.25) is 0 Å². The Bertz CT molecular complexity index is 582. The first kappa shape index (κ1) is 17.2. The molecule has 20 heavy (non-hydrogen) atoms. The Kier molecular flexibility index (Phi) is 7.23. The number of thiazole rings is 1. The molecular formula is C14H21ClN2O2S. The molecular weight excluding hydrogens is 296 g/mol. The maximum atomic E-state index is 11.9. The van der Waals surface area contributed by atoms with Crippen molar-refractivity contribution in [3.05, 3.63) is 33.9 Å². The van der Waals surface area contributed by atoms with Crippen molar-refractivity contribution < 1.29 is 5.11 Å². The highest BCUT2D eigenvalue weighted by molar-refractivity contribution is 7.16. The van der Waals surface area contributed by atoms with E-state index in [0.29, 0.717) is 13.1 Å². The Balaban J connectivity index is 0.00000200. The van der Waals surface area contributed by atoms with E-state index in [4.69, 9.17) is 0 Å². The molecule has 0 saturated heterocycles. The molecule has 0 radical (unpaired) electrons. The summed E-state index contributed by atoms with van der Waals surface area (Å²) in [7, 11) is 0. The molecule has 1 heterocycles. The molecule has 2 aromatic rings. The van der Waals surface area contributed by atoms with Crippen LogP contribution in [-0.2, 0) is 6.54 Å². The summed E-state index contributed by atoms with van der Waals surface area (Å²) in [5.41, 5.74) is 0.908. The first-order chi connectivity index (χ1) is 9.22. The highest BCUT2D eigenvalue weighted by atomic mass is 35.5. The number of aliphatic hydroxyl groups excluding tert-OH is 1. The van der Waals surface area contributed by atoms with Crippen LogP contribution in [0.25, 0.3) is 10.2 Å². The Labute approximate surface area is 128 Å². The Morgan fingerprint density at radius 2 is 2.15 bits per heavy atom. The van der Waals surface area contributed by atoms with Crippen LogP contribution >= 0.6 is 23.7 Å². The van der Waals surface area contributed by atoms with E-state index >= 15 is 0 Å². The molecule has 1 unspecified atom stereocenters. The van der Waals surface area contributed by atoms with Gasteiger partial charge in [-0.1, -0.05) is 36.8 Å². The van der Waals surface area contributed by atoms with Gasteiger partial charge in [0.05, 0.1) is 22.9 Å². The number of aliphatic hydroxyl groups is 1. The molecule has 0 saturated carbocycles. The molecule has 0 aliphatic heterocycles. The van der Waals surface area contributed by atoms with Crippen LogP contribution in [0.1, 0.15) is 19.8 Å². The summed E-state index contributed by atoms with van der Waals surface area (Å²) in [6, 6.07) is 7.69. The molecule has 0 aliphatic rings. The molecule has 112 valence electrons. The van der Waals surface area contributed by atoms with E-state index < -0.39 is 6.10 Å². The number of unbranched alkanes of at least 4 members (excludes halogenated alkanes) is 1. The average molecular weight is 317 g/mol. The topological polar surface area (TPSA) is 54.3 Å². The third-order valence-corrected chi connectivity index (χ3v) is 4.01. The molecule has 1 aromatic carbocycles. The van der Waals surface area contributed by atoms with Crippen molar-refractivity contribution in [1.29, 1.82) is 0 Å². The summed E-state index contributed by atoms with van der Waals surface area (Å²) in [6.07, 6.45) is 1.71. The lowest BCUT2D eigenvalue weighted by atomic mass is 10.3. The fourth-order valence-electron chi connectivity index (χ4n) is 2.03. The van der Waals surface area contributed by atoms with E-state index in [-0.39, 0.29) is 17.3 Å². The van der Waals surface area contributed by atoms with Crippen molar-refractivity contribution in [2.24, 2.45) is 0 Å². The maximum absolute atomic E-state index is 11.9. The predicted molar refractivity (Wildman–Crippen MR) is 87.1 cm³/mol. The lowest BCUT2D eigenvalue weighted by Gasteiger charge is -2.12. The normalized spacial score (nSPS) is 12.3. The van der Waals surface area contributed by atoms with Gasteiger partial charge in [0.1, 0.15) is 0 Å². The van der Waals surface area contributed by atoms with Crippen molar-refractivity contribution in [3.63, 3.8) is 0 Å². The molecule has 0 bridgehead atoms. The highest BCUT2D eigenvalue weighted by Crippen LogP contribution is 2.16. The van der Waals surface area contributed by atoms with Crippen LogP contribution in [0, 0.1) is 0 Å². The lowest BCUT2D eigenvalue weighted by Crippen LogP contribution is -2.32. The van der Waals surface area contributed by atoms with E-state index in [9.17, 15) is 9.90 Å². The monoisotopic (exact) mass is 316 g/mol. The molecule has 1 atom stereocenters. The Morgan fingerprint density at radius 3 is 2.90 bits per heavy atom. The molecule has 2 rings (SSSR count). The number of benzene rings is 1. The zero-order chi connectivity index (χ0) is 13.7. The van der Waals surface area contributed by atoms with Crippen LogP contribution in [0.4, 0.5) is 0 Å². The molecule has 2 N–H and O–H groups in total. The molecule has 1 aromatic heterocycles. The second-order valence-electron chi connectivity index (χ2n) is 4.66. The van der Waals surface area contributed by atoms with Crippen molar-refractivity contribution in [3.8, 4) is 0 Å². The van der Waals surface area contributed by atoms with Crippen molar-refractivity contribution in [2.45, 2.75) is 32.4 Å². The van der Waals surface area contributed by atoms with Gasteiger partial charge in [0, 0.05) is 6.54 Å². The van der Waals surface area contributed by atoms with Gasteiger partial charge in [-0.2, -0.15) is 0 Å². The molecule has 0 fully saturated rings. The van der Waals surface area contributed by atoms with Crippen LogP contribution in [0.3, 0.4) is 0 Å². The van der Waals surface area contributed by atoms with E-state index in [0.717, 1.165) is 29.6 Å². The van der Waals surface area contributed by atoms with Gasteiger partial charge >= 0.3 is 4.87 Å². The van der Waals surface area contributed by atoms with Crippen molar-refractivity contribution in [2.75, 3.05) is 13.1 Å². The van der Waals surface area contributed by atoms with Gasteiger partial charge in [0.15, 0.2) is 0 Å². The Hall–Kier alpha value is -0.880. The Morgan fingerprint density at radius 1 is 1.40 bits per heavy atom. The SMILES string of the molecule is CCCCNCC(O)Cn1c(=O)sc2ccccc21.Cl. The number of fused-ring (bicyclic) bond motifs is 1. The third-order valence-electron chi connectivity index (χ3n) is 3.05. The van der Waals surface area contributed by atoms with Crippen LogP contribution < -0.4 is 10.2 Å². The highest BCUT2D eigenvalue weighted by Gasteiger charge is 2.11. The summed E-state index contributed by atoms with van der Waals surface area (Å²) in [4.78, 5) is 11.9. The van der Waals surface area contributed by atoms with Crippen LogP contribution in [0.5, 0.6) is 0 Å². The van der Waals surface area contributed by atoms with Gasteiger partial charge in [0.25, 0.3) is 0 Å². The van der Waals surface area contributed by atoms with Gasteiger partial charge in [-0.15, -0.1) is 12.4 Å². The summed E-state index contributed by atoms with van der Waals surface area (Å²) < 4.78 is 2.63. The number of aromatic nitrogens is 1. The van der Waals surface area contributed by atoms with Crippen molar-refractivity contribution >= 4 is 34.0 Å². The molecule has 4 nitrogen and oxygen atoms in total. The number of nitrogens with one attached hydrogen (secondary N) is 1. The average Bonchev–Trinajstić information content (AvgIpc) is 2.72. The summed E-state index contributed by atoms with van der Waals surface area (Å²) in [5.74, 6) is 0. The van der Waals surface area contributed by atoms with Crippen LogP contribution in [-0.4, -0.2) is 28.9 Å². The second-order valence-corrected chi connectivity index (χ2v) is 5.65. The minimum Gasteiger partial charge on any atom is -0.390 e. The fourth-order valence-corrected chi connectivity index (χ4v) is 2.93. The number of nitrogens with zero attached hydrogens (tertiary/aromatic N) is 1. The van der Waals surface area contributed by atoms with Gasteiger partial charge in [-0.25, -0.2) is 0 Å². The molecule has 0 aliphatic carbocycles. The number of hydrogen-bond donors (Lipinski definition) is 2. The lowest BCUT2D eigenvalue weighted by molar-refractivity contribution is 0.152. The summed E-state index contributed by atoms with van der Waals surface area (Å²) in [6.45, 7) is 3.92. The molecule has 0 amide bonds. The maximum Gasteiger partial charge on any atom is 0.308 e. The minimum atomic E-state index is -0.535. The van der Waals surface area contributed by atoms with Gasteiger partial charge in [0.2, 0.25) is 0 Å². The smallest absolute Gasteiger partial charge is 0.308 e. The van der Waals surface area contributed by atoms with E-state index in [1.54, 1.807) is 4.57 Å². The molecule has 0 spiro atoms. The quantitative estimate of drug-likeness (QED) is 0.770. The predicted octanol–water partition coefficient (Wildman–Crippen LogP) is 2.24. The summed E-state index contributed by atoms with van der Waals surface area (Å²) in [5, 5.41) is 13.2. The summed E-state index contributed by atoms with van der Waals surface area (Å²) >= 11 is 1.23.